The summed E-state index contributed by atoms with van der Waals surface area (Å²) in [6, 6.07) is 14.2. The lowest BCUT2D eigenvalue weighted by Gasteiger charge is -2.30. The molecule has 1 aliphatic carbocycles. The van der Waals surface area contributed by atoms with Crippen molar-refractivity contribution in [3.63, 3.8) is 0 Å². The van der Waals surface area contributed by atoms with Crippen LogP contribution in [0.15, 0.2) is 57.9 Å². The molecule has 1 aliphatic heterocycles. The number of fused-ring (bicyclic) bond motifs is 5. The number of piperidine rings is 1. The summed E-state index contributed by atoms with van der Waals surface area (Å²) in [6.45, 7) is 8.18. The zero-order valence-corrected chi connectivity index (χ0v) is 22.4. The first-order chi connectivity index (χ1) is 18.2. The molecule has 38 heavy (non-hydrogen) atoms. The van der Waals surface area contributed by atoms with Gasteiger partial charge in [-0.2, -0.15) is 0 Å². The second kappa shape index (κ2) is 9.19. The van der Waals surface area contributed by atoms with Crippen molar-refractivity contribution in [2.24, 2.45) is 5.92 Å². The molecule has 0 radical (unpaired) electrons. The van der Waals surface area contributed by atoms with E-state index in [1.807, 2.05) is 64.1 Å². The van der Waals surface area contributed by atoms with Crippen LogP contribution < -0.4 is 15.8 Å². The van der Waals surface area contributed by atoms with E-state index in [4.69, 9.17) is 14.1 Å². The molecule has 4 aromatic rings. The third kappa shape index (κ3) is 4.52. The zero-order valence-electron chi connectivity index (χ0n) is 22.4. The minimum absolute atomic E-state index is 0.175. The van der Waals surface area contributed by atoms with Crippen LogP contribution in [-0.2, 0) is 16.1 Å². The maximum absolute atomic E-state index is 13.8. The van der Waals surface area contributed by atoms with Crippen molar-refractivity contribution < 1.29 is 13.9 Å². The smallest absolute Gasteiger partial charge is 0.326 e. The van der Waals surface area contributed by atoms with E-state index in [9.17, 15) is 9.59 Å². The Hall–Kier alpha value is -3.81. The molecule has 2 unspecified atom stereocenters. The lowest BCUT2D eigenvalue weighted by Crippen LogP contribution is -2.40. The van der Waals surface area contributed by atoms with Crippen LogP contribution in [0.2, 0.25) is 0 Å². The normalized spacial score (nSPS) is 19.8. The Kier molecular flexibility index (Phi) is 5.93. The highest BCUT2D eigenvalue weighted by Gasteiger charge is 2.40. The molecule has 2 bridgehead atoms. The van der Waals surface area contributed by atoms with Crippen molar-refractivity contribution in [2.75, 3.05) is 16.8 Å². The number of nitrogens with zero attached hydrogens (tertiary/aromatic N) is 3. The Labute approximate surface area is 221 Å². The quantitative estimate of drug-likeness (QED) is 0.333. The standard InChI is InChI=1S/C30H34N4O4/c1-18(20-10-12-26-23(14-20)22-7-5-6-8-25(22)37-26)32-24-15-31-29(33-16-19-9-11-21(33)13-19)34(28(24)36)17-27(35)38-30(2,3)4/h5-8,10,12,14-15,18-19,21,32H,9,11,13,16-17H2,1-4H3/t18-,19?,21?/m1/s1. The fourth-order valence-electron chi connectivity index (χ4n) is 5.96. The van der Waals surface area contributed by atoms with Crippen LogP contribution in [0.1, 0.15) is 58.6 Å². The number of anilines is 2. The highest BCUT2D eigenvalue weighted by Crippen LogP contribution is 2.39. The second-order valence-corrected chi connectivity index (χ2v) is 11.7. The molecule has 2 aliphatic rings. The van der Waals surface area contributed by atoms with Gasteiger partial charge in [-0.25, -0.2) is 4.98 Å². The van der Waals surface area contributed by atoms with Crippen LogP contribution in [-0.4, -0.2) is 33.7 Å². The van der Waals surface area contributed by atoms with Crippen LogP contribution in [0.3, 0.4) is 0 Å². The summed E-state index contributed by atoms with van der Waals surface area (Å²) in [7, 11) is 0. The number of aromatic nitrogens is 2. The lowest BCUT2D eigenvalue weighted by molar-refractivity contribution is -0.155. The molecule has 6 rings (SSSR count). The summed E-state index contributed by atoms with van der Waals surface area (Å²) in [5.41, 5.74) is 2.13. The molecule has 1 saturated heterocycles. The molecule has 0 amide bonds. The summed E-state index contributed by atoms with van der Waals surface area (Å²) in [6.07, 6.45) is 5.03. The Morgan fingerprint density at radius 2 is 1.95 bits per heavy atom. The fourth-order valence-corrected chi connectivity index (χ4v) is 5.96. The van der Waals surface area contributed by atoms with Crippen molar-refractivity contribution in [1.82, 2.24) is 9.55 Å². The summed E-state index contributed by atoms with van der Waals surface area (Å²) >= 11 is 0. The molecular weight excluding hydrogens is 480 g/mol. The van der Waals surface area contributed by atoms with Gasteiger partial charge in [0.05, 0.1) is 6.20 Å². The number of carbonyl (C=O) groups excluding carboxylic acids is 1. The summed E-state index contributed by atoms with van der Waals surface area (Å²) in [4.78, 5) is 33.5. The van der Waals surface area contributed by atoms with Crippen LogP contribution in [0, 0.1) is 5.92 Å². The highest BCUT2D eigenvalue weighted by atomic mass is 16.6. The maximum Gasteiger partial charge on any atom is 0.326 e. The van der Waals surface area contributed by atoms with E-state index < -0.39 is 11.6 Å². The maximum atomic E-state index is 13.8. The number of furan rings is 1. The van der Waals surface area contributed by atoms with Gasteiger partial charge in [0.25, 0.3) is 5.56 Å². The van der Waals surface area contributed by atoms with Crippen LogP contribution >= 0.6 is 0 Å². The van der Waals surface area contributed by atoms with E-state index in [0.717, 1.165) is 46.9 Å². The summed E-state index contributed by atoms with van der Waals surface area (Å²) in [5.74, 6) is 0.727. The Balaban J connectivity index is 1.32. The first-order valence-corrected chi connectivity index (χ1v) is 13.4. The molecule has 8 heteroatoms. The second-order valence-electron chi connectivity index (χ2n) is 11.7. The van der Waals surface area contributed by atoms with E-state index in [2.05, 4.69) is 16.3 Å². The Bertz CT molecular complexity index is 1580. The van der Waals surface area contributed by atoms with E-state index in [1.165, 1.54) is 11.0 Å². The van der Waals surface area contributed by atoms with E-state index in [0.29, 0.717) is 23.6 Å². The number of rotatable bonds is 6. The van der Waals surface area contributed by atoms with Gasteiger partial charge in [-0.15, -0.1) is 0 Å². The lowest BCUT2D eigenvalue weighted by atomic mass is 10.0. The van der Waals surface area contributed by atoms with Gasteiger partial charge in [-0.3, -0.25) is 14.2 Å². The van der Waals surface area contributed by atoms with Gasteiger partial charge in [0.1, 0.15) is 29.0 Å². The molecule has 3 atom stereocenters. The fraction of sp³-hybridized carbons (Fsp3) is 0.433. The van der Waals surface area contributed by atoms with E-state index in [1.54, 1.807) is 6.20 Å². The first-order valence-electron chi connectivity index (χ1n) is 13.4. The summed E-state index contributed by atoms with van der Waals surface area (Å²) < 4.78 is 13.0. The number of esters is 1. The van der Waals surface area contributed by atoms with Gasteiger partial charge in [0.2, 0.25) is 5.95 Å². The number of benzene rings is 2. The predicted octanol–water partition coefficient (Wildman–Crippen LogP) is 5.65. The number of carbonyl (C=O) groups is 1. The van der Waals surface area contributed by atoms with Crippen molar-refractivity contribution in [3.8, 4) is 0 Å². The van der Waals surface area contributed by atoms with Crippen molar-refractivity contribution in [1.29, 1.82) is 0 Å². The van der Waals surface area contributed by atoms with Gasteiger partial charge in [0.15, 0.2) is 0 Å². The van der Waals surface area contributed by atoms with Gasteiger partial charge >= 0.3 is 5.97 Å². The van der Waals surface area contributed by atoms with Crippen molar-refractivity contribution >= 4 is 39.5 Å². The van der Waals surface area contributed by atoms with Crippen molar-refractivity contribution in [2.45, 2.75) is 71.2 Å². The third-order valence-corrected chi connectivity index (χ3v) is 7.67. The molecule has 2 aromatic carbocycles. The minimum Gasteiger partial charge on any atom is -0.459 e. The molecule has 1 saturated carbocycles. The van der Waals surface area contributed by atoms with Gasteiger partial charge in [0, 0.05) is 29.4 Å². The van der Waals surface area contributed by atoms with Crippen molar-refractivity contribution in [3.05, 3.63) is 64.6 Å². The monoisotopic (exact) mass is 514 g/mol. The highest BCUT2D eigenvalue weighted by molar-refractivity contribution is 6.05. The average Bonchev–Trinajstić information content (AvgIpc) is 3.59. The molecule has 1 N–H and O–H groups in total. The number of ether oxygens (including phenoxy) is 1. The largest absolute Gasteiger partial charge is 0.459 e. The Morgan fingerprint density at radius 1 is 1.16 bits per heavy atom. The van der Waals surface area contributed by atoms with E-state index >= 15 is 0 Å². The Morgan fingerprint density at radius 3 is 2.68 bits per heavy atom. The van der Waals surface area contributed by atoms with Gasteiger partial charge < -0.3 is 19.4 Å². The van der Waals surface area contributed by atoms with E-state index in [-0.39, 0.29) is 18.1 Å². The number of nitrogens with one attached hydrogen (secondary N) is 1. The summed E-state index contributed by atoms with van der Waals surface area (Å²) in [5, 5.41) is 5.44. The average molecular weight is 515 g/mol. The SMILES string of the molecule is C[C@@H](Nc1cnc(N2CC3CCC2C3)n(CC(=O)OC(C)(C)C)c1=O)c1ccc2oc3ccccc3c2c1. The minimum atomic E-state index is -0.638. The first kappa shape index (κ1) is 24.5. The molecule has 3 heterocycles. The van der Waals surface area contributed by atoms with Crippen LogP contribution in [0.5, 0.6) is 0 Å². The van der Waals surface area contributed by atoms with Crippen LogP contribution in [0.4, 0.5) is 11.6 Å². The zero-order chi connectivity index (χ0) is 26.6. The predicted molar refractivity (Wildman–Crippen MR) is 149 cm³/mol. The number of hydrogen-bond donors (Lipinski definition) is 1. The number of hydrogen-bond acceptors (Lipinski definition) is 7. The van der Waals surface area contributed by atoms with Gasteiger partial charge in [-0.05, 0) is 76.6 Å². The number of para-hydroxylation sites is 1. The molecule has 8 nitrogen and oxygen atoms in total. The third-order valence-electron chi connectivity index (χ3n) is 7.67. The van der Waals surface area contributed by atoms with Crippen LogP contribution in [0.25, 0.3) is 21.9 Å². The van der Waals surface area contributed by atoms with Gasteiger partial charge in [-0.1, -0.05) is 24.3 Å². The topological polar surface area (TPSA) is 89.6 Å². The molecule has 0 spiro atoms. The molecule has 2 fully saturated rings. The molecule has 198 valence electrons. The molecule has 2 aromatic heterocycles. The molecular formula is C30H34N4O4.